The molecule has 1 aliphatic rings. The highest BCUT2D eigenvalue weighted by Gasteiger charge is 2.34. The number of rotatable bonds is 9. The number of primary amides is 1. The van der Waals surface area contributed by atoms with Crippen LogP contribution in [0.25, 0.3) is 32.9 Å². The topological polar surface area (TPSA) is 120 Å². The molecule has 2 aromatic heterocycles. The van der Waals surface area contributed by atoms with E-state index in [0.717, 1.165) is 63.5 Å². The smallest absolute Gasteiger partial charge is 0.227 e. The number of amides is 2. The van der Waals surface area contributed by atoms with Gasteiger partial charge in [-0.25, -0.2) is 4.98 Å². The van der Waals surface area contributed by atoms with Gasteiger partial charge < -0.3 is 25.3 Å². The van der Waals surface area contributed by atoms with Gasteiger partial charge in [0.2, 0.25) is 11.8 Å². The van der Waals surface area contributed by atoms with Crippen LogP contribution in [0.4, 0.5) is 0 Å². The molecule has 5 aromatic rings. The molecule has 1 unspecified atom stereocenters. The minimum absolute atomic E-state index is 0.0484. The van der Waals surface area contributed by atoms with E-state index in [-0.39, 0.29) is 24.3 Å². The van der Waals surface area contributed by atoms with E-state index in [1.807, 2.05) is 48.4 Å². The summed E-state index contributed by atoms with van der Waals surface area (Å²) in [7, 11) is 1.65. The van der Waals surface area contributed by atoms with Crippen molar-refractivity contribution < 1.29 is 14.3 Å². The Balaban J connectivity index is 1.28. The van der Waals surface area contributed by atoms with Gasteiger partial charge in [0.15, 0.2) is 0 Å². The first kappa shape index (κ1) is 27.5. The number of nitrogens with one attached hydrogen (secondary N) is 2. The van der Waals surface area contributed by atoms with Crippen molar-refractivity contribution in [3.8, 4) is 17.0 Å². The summed E-state index contributed by atoms with van der Waals surface area (Å²) in [6.07, 6.45) is 3.16. The maximum absolute atomic E-state index is 14.0. The molecule has 1 atom stereocenters. The molecule has 0 radical (unpaired) electrons. The Labute approximate surface area is 244 Å². The Morgan fingerprint density at radius 2 is 1.88 bits per heavy atom. The van der Waals surface area contributed by atoms with E-state index < -0.39 is 0 Å². The van der Waals surface area contributed by atoms with Gasteiger partial charge in [0.25, 0.3) is 0 Å². The van der Waals surface area contributed by atoms with Gasteiger partial charge in [-0.1, -0.05) is 36.4 Å². The van der Waals surface area contributed by atoms with Gasteiger partial charge in [-0.15, -0.1) is 0 Å². The highest BCUT2D eigenvalue weighted by molar-refractivity contribution is 5.91. The van der Waals surface area contributed by atoms with Gasteiger partial charge in [0.1, 0.15) is 17.6 Å². The summed E-state index contributed by atoms with van der Waals surface area (Å²) >= 11 is 0. The summed E-state index contributed by atoms with van der Waals surface area (Å²) in [4.78, 5) is 41.3. The lowest BCUT2D eigenvalue weighted by atomic mass is 10.0. The van der Waals surface area contributed by atoms with Gasteiger partial charge in [0.05, 0.1) is 25.4 Å². The van der Waals surface area contributed by atoms with Crippen molar-refractivity contribution in [3.63, 3.8) is 0 Å². The van der Waals surface area contributed by atoms with Gasteiger partial charge in [-0.05, 0) is 60.5 Å². The Bertz CT molecular complexity index is 1760. The number of aryl methyl sites for hydroxylation is 1. The molecular formula is C33H36N6O3. The fraction of sp³-hybridized carbons (Fsp3) is 0.303. The van der Waals surface area contributed by atoms with E-state index in [1.165, 1.54) is 5.39 Å². The number of nitrogens with two attached hydrogens (primary N) is 1. The summed E-state index contributed by atoms with van der Waals surface area (Å²) in [5.74, 6) is 1.27. The van der Waals surface area contributed by atoms with Crippen LogP contribution < -0.4 is 10.5 Å². The van der Waals surface area contributed by atoms with Crippen LogP contribution in [0.1, 0.15) is 36.0 Å². The molecule has 0 saturated carbocycles. The molecule has 0 aliphatic carbocycles. The Morgan fingerprint density at radius 1 is 1.05 bits per heavy atom. The van der Waals surface area contributed by atoms with Crippen LogP contribution >= 0.6 is 0 Å². The number of hydrogen-bond acceptors (Lipinski definition) is 5. The first-order valence-electron chi connectivity index (χ1n) is 14.4. The number of aromatic amines is 2. The zero-order valence-electron chi connectivity index (χ0n) is 24.0. The highest BCUT2D eigenvalue weighted by Crippen LogP contribution is 2.31. The molecule has 2 amide bonds. The largest absolute Gasteiger partial charge is 0.497 e. The average molecular weight is 565 g/mol. The Morgan fingerprint density at radius 3 is 2.69 bits per heavy atom. The van der Waals surface area contributed by atoms with E-state index in [0.29, 0.717) is 25.9 Å². The number of carbonyl (C=O) groups excluding carboxylic acids is 2. The molecule has 9 nitrogen and oxygen atoms in total. The number of hydrogen-bond donors (Lipinski definition) is 3. The summed E-state index contributed by atoms with van der Waals surface area (Å²) in [5, 5.41) is 3.34. The molecule has 6 rings (SSSR count). The molecule has 3 aromatic carbocycles. The first-order chi connectivity index (χ1) is 20.4. The van der Waals surface area contributed by atoms with Crippen molar-refractivity contribution in [2.24, 2.45) is 5.73 Å². The van der Waals surface area contributed by atoms with Gasteiger partial charge >= 0.3 is 0 Å². The minimum Gasteiger partial charge on any atom is -0.497 e. The monoisotopic (exact) mass is 564 g/mol. The van der Waals surface area contributed by atoms with Crippen molar-refractivity contribution in [2.45, 2.75) is 32.2 Å². The molecule has 9 heteroatoms. The Hall–Kier alpha value is -4.63. The molecule has 216 valence electrons. The fourth-order valence-electron chi connectivity index (χ4n) is 6.03. The molecule has 0 bridgehead atoms. The maximum atomic E-state index is 14.0. The van der Waals surface area contributed by atoms with Crippen molar-refractivity contribution in [1.82, 2.24) is 24.8 Å². The number of aromatic nitrogens is 3. The number of carbonyl (C=O) groups is 2. The standard InChI is InChI=1S/C33H36N6O3/c1-21-26(27-17-25(42-2)11-12-28(27)36-21)18-32(41)39-15-14-38(13-5-8-31(34)40)20-30(39)33-35-19-29(37-33)24-10-9-22-6-3-4-7-23(22)16-24/h3-4,6-7,9-12,16-17,19,30,36H,5,8,13-15,18,20H2,1-2H3,(H2,34,40)(H,35,37). The normalized spacial score (nSPS) is 15.9. The number of fused-ring (bicyclic) bond motifs is 2. The molecule has 1 aliphatic heterocycles. The second kappa shape index (κ2) is 11.7. The lowest BCUT2D eigenvalue weighted by Gasteiger charge is -2.40. The van der Waals surface area contributed by atoms with Crippen molar-refractivity contribution in [3.05, 3.63) is 83.9 Å². The third-order valence-corrected chi connectivity index (χ3v) is 8.31. The number of piperazine rings is 1. The molecule has 42 heavy (non-hydrogen) atoms. The van der Waals surface area contributed by atoms with Crippen LogP contribution in [-0.4, -0.2) is 69.9 Å². The summed E-state index contributed by atoms with van der Waals surface area (Å²) in [5.41, 5.74) is 10.3. The lowest BCUT2D eigenvalue weighted by molar-refractivity contribution is -0.135. The molecule has 3 heterocycles. The Kier molecular flexibility index (Phi) is 7.67. The quantitative estimate of drug-likeness (QED) is 0.239. The first-order valence-corrected chi connectivity index (χ1v) is 14.4. The highest BCUT2D eigenvalue weighted by atomic mass is 16.5. The molecule has 1 fully saturated rings. The molecule has 1 saturated heterocycles. The van der Waals surface area contributed by atoms with Crippen molar-refractivity contribution in [2.75, 3.05) is 33.3 Å². The number of imidazole rings is 1. The van der Waals surface area contributed by atoms with Gasteiger partial charge in [-0.2, -0.15) is 0 Å². The number of methoxy groups -OCH3 is 1. The molecular weight excluding hydrogens is 528 g/mol. The minimum atomic E-state index is -0.294. The number of H-pyrrole nitrogens is 2. The van der Waals surface area contributed by atoms with E-state index in [4.69, 9.17) is 15.5 Å². The SMILES string of the molecule is COc1ccc2[nH]c(C)c(CC(=O)N3CCN(CCCC(N)=O)CC3c3ncc(-c4ccc5ccccc5c4)[nH]3)c2c1. The number of ether oxygens (including phenoxy) is 1. The molecule has 4 N–H and O–H groups in total. The van der Waals surface area contributed by atoms with E-state index in [2.05, 4.69) is 45.2 Å². The van der Waals surface area contributed by atoms with Crippen LogP contribution in [0.15, 0.2) is 66.9 Å². The third kappa shape index (κ3) is 5.60. The number of nitrogens with zero attached hydrogens (tertiary/aromatic N) is 3. The molecule has 0 spiro atoms. The van der Waals surface area contributed by atoms with Crippen molar-refractivity contribution in [1.29, 1.82) is 0 Å². The van der Waals surface area contributed by atoms with Crippen molar-refractivity contribution >= 4 is 33.5 Å². The fourth-order valence-corrected chi connectivity index (χ4v) is 6.03. The van der Waals surface area contributed by atoms with E-state index in [9.17, 15) is 9.59 Å². The van der Waals surface area contributed by atoms with E-state index >= 15 is 0 Å². The number of benzene rings is 3. The summed E-state index contributed by atoms with van der Waals surface area (Å²) in [6.45, 7) is 4.65. The van der Waals surface area contributed by atoms with Crippen LogP contribution in [0.5, 0.6) is 5.75 Å². The van der Waals surface area contributed by atoms with Crippen LogP contribution in [0.3, 0.4) is 0 Å². The summed E-state index contributed by atoms with van der Waals surface area (Å²) < 4.78 is 5.45. The average Bonchev–Trinajstić information content (AvgIpc) is 3.61. The van der Waals surface area contributed by atoms with Crippen LogP contribution in [-0.2, 0) is 16.0 Å². The second-order valence-corrected chi connectivity index (χ2v) is 11.0. The van der Waals surface area contributed by atoms with Gasteiger partial charge in [-0.3, -0.25) is 14.5 Å². The van der Waals surface area contributed by atoms with Gasteiger partial charge in [0, 0.05) is 48.2 Å². The van der Waals surface area contributed by atoms with Crippen LogP contribution in [0.2, 0.25) is 0 Å². The maximum Gasteiger partial charge on any atom is 0.227 e. The second-order valence-electron chi connectivity index (χ2n) is 11.0. The van der Waals surface area contributed by atoms with Crippen LogP contribution in [0, 0.1) is 6.92 Å². The zero-order chi connectivity index (χ0) is 29.2. The third-order valence-electron chi connectivity index (χ3n) is 8.31. The predicted octanol–water partition coefficient (Wildman–Crippen LogP) is 4.72. The lowest BCUT2D eigenvalue weighted by Crippen LogP contribution is -2.51. The van der Waals surface area contributed by atoms with E-state index in [1.54, 1.807) is 7.11 Å². The predicted molar refractivity (Wildman–Crippen MR) is 164 cm³/mol. The zero-order valence-corrected chi connectivity index (χ0v) is 24.0. The summed E-state index contributed by atoms with van der Waals surface area (Å²) in [6, 6.07) is 20.3.